The Morgan fingerprint density at radius 3 is 2.76 bits per heavy atom. The minimum Gasteiger partial charge on any atom is -0.301 e. The molecule has 0 heterocycles. The van der Waals surface area contributed by atoms with Gasteiger partial charge in [0, 0.05) is 6.04 Å². The quantitative estimate of drug-likeness (QED) is 0.795. The number of nitriles is 1. The van der Waals surface area contributed by atoms with E-state index in [2.05, 4.69) is 30.9 Å². The summed E-state index contributed by atoms with van der Waals surface area (Å²) in [6, 6.07) is 9.08. The molecule has 1 aliphatic carbocycles. The zero-order valence-corrected chi connectivity index (χ0v) is 10.7. The molecule has 17 heavy (non-hydrogen) atoms. The molecule has 0 spiro atoms. The third-order valence-electron chi connectivity index (χ3n) is 3.91. The molecule has 0 aromatic heterocycles. The van der Waals surface area contributed by atoms with Crippen molar-refractivity contribution in [1.82, 2.24) is 4.90 Å². The van der Waals surface area contributed by atoms with E-state index in [1.165, 1.54) is 17.5 Å². The van der Waals surface area contributed by atoms with E-state index >= 15 is 0 Å². The summed E-state index contributed by atoms with van der Waals surface area (Å²) < 4.78 is 0. The zero-order valence-electron chi connectivity index (χ0n) is 10.7. The number of fused-ring (bicyclic) bond motifs is 1. The van der Waals surface area contributed by atoms with Gasteiger partial charge in [0.1, 0.15) is 0 Å². The predicted octanol–water partition coefficient (Wildman–Crippen LogP) is 2.76. The molecule has 2 heteroatoms. The van der Waals surface area contributed by atoms with Crippen LogP contribution in [0.2, 0.25) is 0 Å². The van der Waals surface area contributed by atoms with Crippen molar-refractivity contribution < 1.29 is 0 Å². The van der Waals surface area contributed by atoms with E-state index in [9.17, 15) is 0 Å². The highest BCUT2D eigenvalue weighted by atomic mass is 15.1. The minimum absolute atomic E-state index is 0.618. The van der Waals surface area contributed by atoms with E-state index in [0.29, 0.717) is 6.04 Å². The molecule has 1 unspecified atom stereocenters. The first-order chi connectivity index (χ1) is 8.30. The molecule has 0 saturated carbocycles. The van der Waals surface area contributed by atoms with Crippen LogP contribution in [0.5, 0.6) is 0 Å². The zero-order chi connectivity index (χ0) is 12.3. The third-order valence-corrected chi connectivity index (χ3v) is 3.91. The minimum atomic E-state index is 0.618. The van der Waals surface area contributed by atoms with Crippen molar-refractivity contribution in [3.8, 4) is 6.07 Å². The fraction of sp³-hybridized carbons (Fsp3) is 0.533. The van der Waals surface area contributed by atoms with Crippen LogP contribution in [0.1, 0.15) is 37.0 Å². The van der Waals surface area contributed by atoms with Crippen LogP contribution in [0.4, 0.5) is 0 Å². The van der Waals surface area contributed by atoms with Crippen molar-refractivity contribution in [2.75, 3.05) is 13.1 Å². The van der Waals surface area contributed by atoms with E-state index in [1.807, 2.05) is 12.1 Å². The van der Waals surface area contributed by atoms with Crippen LogP contribution in [0, 0.1) is 11.3 Å². The molecule has 90 valence electrons. The summed E-state index contributed by atoms with van der Waals surface area (Å²) in [5.74, 6) is 0. The van der Waals surface area contributed by atoms with Crippen LogP contribution in [0.3, 0.4) is 0 Å². The van der Waals surface area contributed by atoms with Crippen LogP contribution >= 0.6 is 0 Å². The second kappa shape index (κ2) is 5.33. The van der Waals surface area contributed by atoms with Crippen molar-refractivity contribution in [2.45, 2.75) is 39.2 Å². The molecule has 1 aliphatic rings. The maximum absolute atomic E-state index is 9.17. The molecule has 0 saturated heterocycles. The maximum Gasteiger partial charge on any atom is 0.0994 e. The van der Waals surface area contributed by atoms with Crippen molar-refractivity contribution in [3.05, 3.63) is 34.9 Å². The van der Waals surface area contributed by atoms with Crippen molar-refractivity contribution in [3.63, 3.8) is 0 Å². The topological polar surface area (TPSA) is 27.0 Å². The van der Waals surface area contributed by atoms with Gasteiger partial charge in [-0.05, 0) is 49.5 Å². The van der Waals surface area contributed by atoms with Crippen molar-refractivity contribution in [1.29, 1.82) is 5.26 Å². The standard InChI is InChI=1S/C15H20N2/c1-3-17(4-2)14-9-8-12-6-5-7-13(11-16)15(12)10-14/h5-7,14H,3-4,8-10H2,1-2H3. The molecule has 1 aromatic carbocycles. The summed E-state index contributed by atoms with van der Waals surface area (Å²) in [6.07, 6.45) is 3.39. The Morgan fingerprint density at radius 2 is 2.12 bits per heavy atom. The maximum atomic E-state index is 9.17. The molecule has 2 nitrogen and oxygen atoms in total. The average Bonchev–Trinajstić information content (AvgIpc) is 2.39. The predicted molar refractivity (Wildman–Crippen MR) is 69.9 cm³/mol. The fourth-order valence-corrected chi connectivity index (χ4v) is 2.93. The average molecular weight is 228 g/mol. The lowest BCUT2D eigenvalue weighted by molar-refractivity contribution is 0.198. The van der Waals surface area contributed by atoms with Gasteiger partial charge in [-0.15, -0.1) is 0 Å². The first-order valence-corrected chi connectivity index (χ1v) is 6.55. The summed E-state index contributed by atoms with van der Waals surface area (Å²) in [4.78, 5) is 2.51. The lowest BCUT2D eigenvalue weighted by Crippen LogP contribution is -2.39. The monoisotopic (exact) mass is 228 g/mol. The molecular formula is C15H20N2. The number of nitrogens with zero attached hydrogens (tertiary/aromatic N) is 2. The first kappa shape index (κ1) is 12.1. The van der Waals surface area contributed by atoms with Gasteiger partial charge in [0.15, 0.2) is 0 Å². The molecule has 1 atom stereocenters. The Hall–Kier alpha value is -1.33. The van der Waals surface area contributed by atoms with E-state index in [-0.39, 0.29) is 0 Å². The van der Waals surface area contributed by atoms with Gasteiger partial charge in [-0.25, -0.2) is 0 Å². The number of hydrogen-bond donors (Lipinski definition) is 0. The van der Waals surface area contributed by atoms with Gasteiger partial charge >= 0.3 is 0 Å². The second-order valence-electron chi connectivity index (χ2n) is 4.67. The molecule has 0 aliphatic heterocycles. The fourth-order valence-electron chi connectivity index (χ4n) is 2.93. The third kappa shape index (κ3) is 2.35. The lowest BCUT2D eigenvalue weighted by Gasteiger charge is -2.34. The number of hydrogen-bond acceptors (Lipinski definition) is 2. The normalized spacial score (nSPS) is 18.8. The molecule has 0 bridgehead atoms. The van der Waals surface area contributed by atoms with Gasteiger partial charge in [-0.1, -0.05) is 26.0 Å². The number of benzene rings is 1. The van der Waals surface area contributed by atoms with Gasteiger partial charge in [-0.2, -0.15) is 5.26 Å². The summed E-state index contributed by atoms with van der Waals surface area (Å²) in [5.41, 5.74) is 3.55. The highest BCUT2D eigenvalue weighted by Gasteiger charge is 2.24. The Balaban J connectivity index is 2.26. The molecule has 2 rings (SSSR count). The van der Waals surface area contributed by atoms with Gasteiger partial charge in [0.2, 0.25) is 0 Å². The van der Waals surface area contributed by atoms with Gasteiger partial charge < -0.3 is 4.90 Å². The van der Waals surface area contributed by atoms with Crippen LogP contribution < -0.4 is 0 Å². The molecule has 0 radical (unpaired) electrons. The Morgan fingerprint density at radius 1 is 1.35 bits per heavy atom. The summed E-state index contributed by atoms with van der Waals surface area (Å²) >= 11 is 0. The van der Waals surface area contributed by atoms with E-state index in [4.69, 9.17) is 5.26 Å². The first-order valence-electron chi connectivity index (χ1n) is 6.55. The van der Waals surface area contributed by atoms with E-state index in [0.717, 1.165) is 31.5 Å². The largest absolute Gasteiger partial charge is 0.301 e. The highest BCUT2D eigenvalue weighted by molar-refractivity contribution is 5.44. The molecular weight excluding hydrogens is 208 g/mol. The number of rotatable bonds is 3. The summed E-state index contributed by atoms with van der Waals surface area (Å²) in [5, 5.41) is 9.17. The molecule has 0 N–H and O–H groups in total. The van der Waals surface area contributed by atoms with Gasteiger partial charge in [0.05, 0.1) is 11.6 Å². The number of likely N-dealkylation sites (N-methyl/N-ethyl adjacent to an activating group) is 1. The van der Waals surface area contributed by atoms with Crippen molar-refractivity contribution >= 4 is 0 Å². The van der Waals surface area contributed by atoms with Gasteiger partial charge in [0.25, 0.3) is 0 Å². The van der Waals surface area contributed by atoms with Gasteiger partial charge in [-0.3, -0.25) is 0 Å². The van der Waals surface area contributed by atoms with E-state index < -0.39 is 0 Å². The Labute approximate surface area is 104 Å². The molecule has 0 fully saturated rings. The second-order valence-corrected chi connectivity index (χ2v) is 4.67. The molecule has 1 aromatic rings. The highest BCUT2D eigenvalue weighted by Crippen LogP contribution is 2.26. The van der Waals surface area contributed by atoms with E-state index in [1.54, 1.807) is 0 Å². The summed E-state index contributed by atoms with van der Waals surface area (Å²) in [6.45, 7) is 6.64. The lowest BCUT2D eigenvalue weighted by atomic mass is 9.85. The molecule has 0 amide bonds. The van der Waals surface area contributed by atoms with Crippen LogP contribution in [0.15, 0.2) is 18.2 Å². The van der Waals surface area contributed by atoms with Crippen molar-refractivity contribution in [2.24, 2.45) is 0 Å². The number of aryl methyl sites for hydroxylation is 1. The smallest absolute Gasteiger partial charge is 0.0994 e. The van der Waals surface area contributed by atoms with Crippen LogP contribution in [-0.4, -0.2) is 24.0 Å². The SMILES string of the molecule is CCN(CC)C1CCc2cccc(C#N)c2C1. The van der Waals surface area contributed by atoms with Crippen LogP contribution in [-0.2, 0) is 12.8 Å². The summed E-state index contributed by atoms with van der Waals surface area (Å²) in [7, 11) is 0. The Kier molecular flexibility index (Phi) is 3.81. The van der Waals surface area contributed by atoms with Crippen LogP contribution in [0.25, 0.3) is 0 Å². The Bertz CT molecular complexity index is 427.